The number of pyridine rings is 1. The number of hydrogen-bond acceptors (Lipinski definition) is 5. The van der Waals surface area contributed by atoms with Crippen molar-refractivity contribution in [2.45, 2.75) is 46.2 Å². The molecular weight excluding hydrogens is 320 g/mol. The van der Waals surface area contributed by atoms with Gasteiger partial charge >= 0.3 is 0 Å². The van der Waals surface area contributed by atoms with Crippen LogP contribution in [0.3, 0.4) is 0 Å². The summed E-state index contributed by atoms with van der Waals surface area (Å²) in [6.07, 6.45) is 3.57. The van der Waals surface area contributed by atoms with Crippen molar-refractivity contribution in [1.29, 1.82) is 0 Å². The molecule has 7 heteroatoms. The van der Waals surface area contributed by atoms with Gasteiger partial charge < -0.3 is 14.7 Å². The van der Waals surface area contributed by atoms with E-state index in [1.54, 1.807) is 20.0 Å². The molecule has 3 rings (SSSR count). The Bertz CT molecular complexity index is 763. The van der Waals surface area contributed by atoms with Crippen LogP contribution >= 0.6 is 0 Å². The quantitative estimate of drug-likeness (QED) is 0.921. The number of hydrogen-bond donors (Lipinski definition) is 1. The van der Waals surface area contributed by atoms with Gasteiger partial charge in [-0.15, -0.1) is 0 Å². The molecule has 1 N–H and O–H groups in total. The van der Waals surface area contributed by atoms with Crippen molar-refractivity contribution in [2.75, 3.05) is 6.54 Å². The van der Waals surface area contributed by atoms with Gasteiger partial charge in [0.25, 0.3) is 5.91 Å². The Kier molecular flexibility index (Phi) is 4.83. The number of amides is 2. The molecule has 25 heavy (non-hydrogen) atoms. The van der Waals surface area contributed by atoms with Crippen LogP contribution in [0.1, 0.15) is 58.9 Å². The Hall–Kier alpha value is -2.70. The van der Waals surface area contributed by atoms with E-state index in [9.17, 15) is 9.59 Å². The van der Waals surface area contributed by atoms with Gasteiger partial charge in [-0.2, -0.15) is 0 Å². The molecule has 1 atom stereocenters. The number of carbonyl (C=O) groups is 2. The summed E-state index contributed by atoms with van der Waals surface area (Å²) in [6, 6.07) is 3.83. The molecule has 132 valence electrons. The molecule has 0 saturated carbocycles. The maximum atomic E-state index is 12.9. The van der Waals surface area contributed by atoms with Crippen molar-refractivity contribution in [2.24, 2.45) is 0 Å². The second kappa shape index (κ2) is 7.04. The number of likely N-dealkylation sites (tertiary alicyclic amines) is 1. The lowest BCUT2D eigenvalue weighted by atomic mass is 10.1. The molecule has 2 aromatic heterocycles. The van der Waals surface area contributed by atoms with Gasteiger partial charge in [0.05, 0.1) is 17.4 Å². The highest BCUT2D eigenvalue weighted by molar-refractivity contribution is 5.96. The van der Waals surface area contributed by atoms with Crippen LogP contribution in [-0.4, -0.2) is 33.4 Å². The Morgan fingerprint density at radius 1 is 1.36 bits per heavy atom. The van der Waals surface area contributed by atoms with E-state index in [4.69, 9.17) is 4.52 Å². The minimum Gasteiger partial charge on any atom is -0.361 e. The van der Waals surface area contributed by atoms with Gasteiger partial charge in [-0.05, 0) is 38.3 Å². The van der Waals surface area contributed by atoms with E-state index in [1.807, 2.05) is 17.0 Å². The molecule has 0 bridgehead atoms. The van der Waals surface area contributed by atoms with Gasteiger partial charge in [0.1, 0.15) is 11.3 Å². The fourth-order valence-electron chi connectivity index (χ4n) is 3.21. The molecule has 1 unspecified atom stereocenters. The van der Waals surface area contributed by atoms with E-state index in [1.165, 1.54) is 6.92 Å². The summed E-state index contributed by atoms with van der Waals surface area (Å²) in [7, 11) is 0. The van der Waals surface area contributed by atoms with Crippen molar-refractivity contribution >= 4 is 11.8 Å². The lowest BCUT2D eigenvalue weighted by Gasteiger charge is -2.24. The van der Waals surface area contributed by atoms with Crippen molar-refractivity contribution in [1.82, 2.24) is 20.4 Å². The summed E-state index contributed by atoms with van der Waals surface area (Å²) >= 11 is 0. The maximum absolute atomic E-state index is 12.9. The van der Waals surface area contributed by atoms with Crippen LogP contribution in [0.25, 0.3) is 0 Å². The van der Waals surface area contributed by atoms with E-state index in [0.717, 1.165) is 24.1 Å². The third-order valence-electron chi connectivity index (χ3n) is 4.49. The zero-order chi connectivity index (χ0) is 18.0. The number of nitrogens with zero attached hydrogens (tertiary/aromatic N) is 3. The van der Waals surface area contributed by atoms with Gasteiger partial charge in [-0.1, -0.05) is 11.2 Å². The zero-order valence-electron chi connectivity index (χ0n) is 14.7. The second-order valence-electron chi connectivity index (χ2n) is 6.36. The first-order chi connectivity index (χ1) is 12.0. The average Bonchev–Trinajstić information content (AvgIpc) is 3.20. The van der Waals surface area contributed by atoms with Crippen molar-refractivity contribution in [3.63, 3.8) is 0 Å². The number of carbonyl (C=O) groups excluding carboxylic acids is 2. The van der Waals surface area contributed by atoms with Gasteiger partial charge in [0.2, 0.25) is 5.91 Å². The predicted octanol–water partition coefficient (Wildman–Crippen LogP) is 2.30. The molecule has 0 radical (unpaired) electrons. The number of rotatable bonds is 4. The molecule has 0 spiro atoms. The molecule has 1 aliphatic heterocycles. The predicted molar refractivity (Wildman–Crippen MR) is 90.7 cm³/mol. The molecule has 1 aliphatic rings. The Labute approximate surface area is 146 Å². The zero-order valence-corrected chi connectivity index (χ0v) is 14.7. The van der Waals surface area contributed by atoms with E-state index >= 15 is 0 Å². The Balaban J connectivity index is 1.77. The van der Waals surface area contributed by atoms with E-state index in [0.29, 0.717) is 30.1 Å². The van der Waals surface area contributed by atoms with E-state index < -0.39 is 0 Å². The van der Waals surface area contributed by atoms with Gasteiger partial charge in [0.15, 0.2) is 0 Å². The summed E-state index contributed by atoms with van der Waals surface area (Å²) in [5.41, 5.74) is 2.96. The van der Waals surface area contributed by atoms with Crippen LogP contribution in [0.5, 0.6) is 0 Å². The summed E-state index contributed by atoms with van der Waals surface area (Å²) < 4.78 is 5.13. The maximum Gasteiger partial charge on any atom is 0.259 e. The summed E-state index contributed by atoms with van der Waals surface area (Å²) in [4.78, 5) is 30.3. The van der Waals surface area contributed by atoms with Crippen LogP contribution in [0.15, 0.2) is 22.9 Å². The number of aryl methyl sites for hydroxylation is 2. The minimum atomic E-state index is -0.0731. The number of nitrogens with one attached hydrogen (secondary N) is 1. The molecule has 1 fully saturated rings. The van der Waals surface area contributed by atoms with Crippen LogP contribution in [-0.2, 0) is 11.3 Å². The molecular formula is C18H22N4O3. The molecule has 2 aromatic rings. The van der Waals surface area contributed by atoms with Gasteiger partial charge in [0, 0.05) is 26.2 Å². The molecule has 7 nitrogen and oxygen atoms in total. The summed E-state index contributed by atoms with van der Waals surface area (Å²) in [5.74, 6) is 0.422. The fraction of sp³-hybridized carbons (Fsp3) is 0.444. The van der Waals surface area contributed by atoms with Crippen molar-refractivity contribution in [3.8, 4) is 0 Å². The first kappa shape index (κ1) is 17.1. The lowest BCUT2D eigenvalue weighted by Crippen LogP contribution is -2.31. The molecule has 1 saturated heterocycles. The summed E-state index contributed by atoms with van der Waals surface area (Å²) in [5, 5.41) is 6.63. The normalized spacial score (nSPS) is 16.9. The highest BCUT2D eigenvalue weighted by atomic mass is 16.5. The van der Waals surface area contributed by atoms with Crippen molar-refractivity contribution in [3.05, 3.63) is 46.6 Å². The van der Waals surface area contributed by atoms with E-state index in [2.05, 4.69) is 15.5 Å². The van der Waals surface area contributed by atoms with Crippen molar-refractivity contribution < 1.29 is 14.1 Å². The third kappa shape index (κ3) is 3.55. The molecule has 0 aromatic carbocycles. The first-order valence-corrected chi connectivity index (χ1v) is 8.40. The van der Waals surface area contributed by atoms with Crippen LogP contribution in [0.4, 0.5) is 0 Å². The summed E-state index contributed by atoms with van der Waals surface area (Å²) in [6.45, 7) is 6.17. The molecule has 3 heterocycles. The SMILES string of the molecule is CC(=O)NCc1ccc(C2CCCN2C(=O)c2c(C)noc2C)nc1. The Morgan fingerprint density at radius 3 is 2.76 bits per heavy atom. The monoisotopic (exact) mass is 342 g/mol. The number of aromatic nitrogens is 2. The fourth-order valence-corrected chi connectivity index (χ4v) is 3.21. The van der Waals surface area contributed by atoms with Crippen LogP contribution in [0, 0.1) is 13.8 Å². The smallest absolute Gasteiger partial charge is 0.259 e. The standard InChI is InChI=1S/C18H22N4O3/c1-11-17(12(2)25-21-11)18(24)22-8-4-5-16(22)15-7-6-14(10-20-15)9-19-13(3)23/h6-7,10,16H,4-5,8-9H2,1-3H3,(H,19,23). The molecule has 2 amide bonds. The van der Waals surface area contributed by atoms with Crippen LogP contribution < -0.4 is 5.32 Å². The highest BCUT2D eigenvalue weighted by Gasteiger charge is 2.34. The molecule has 0 aliphatic carbocycles. The Morgan fingerprint density at radius 2 is 2.16 bits per heavy atom. The largest absolute Gasteiger partial charge is 0.361 e. The second-order valence-corrected chi connectivity index (χ2v) is 6.36. The average molecular weight is 342 g/mol. The third-order valence-corrected chi connectivity index (χ3v) is 4.49. The van der Waals surface area contributed by atoms with E-state index in [-0.39, 0.29) is 17.9 Å². The first-order valence-electron chi connectivity index (χ1n) is 8.40. The lowest BCUT2D eigenvalue weighted by molar-refractivity contribution is -0.119. The van der Waals surface area contributed by atoms with Crippen LogP contribution in [0.2, 0.25) is 0 Å². The van der Waals surface area contributed by atoms with Gasteiger partial charge in [-0.3, -0.25) is 14.6 Å². The topological polar surface area (TPSA) is 88.3 Å². The highest BCUT2D eigenvalue weighted by Crippen LogP contribution is 2.33. The minimum absolute atomic E-state index is 0.0454. The van der Waals surface area contributed by atoms with Gasteiger partial charge in [-0.25, -0.2) is 0 Å².